The number of carbonyl (C=O) groups excluding carboxylic acids is 1. The molecule has 0 bridgehead atoms. The second-order valence-electron chi connectivity index (χ2n) is 7.04. The van der Waals surface area contributed by atoms with E-state index in [4.69, 9.17) is 21.1 Å². The van der Waals surface area contributed by atoms with E-state index >= 15 is 0 Å². The zero-order valence-electron chi connectivity index (χ0n) is 18.4. The summed E-state index contributed by atoms with van der Waals surface area (Å²) in [5.41, 5.74) is 0.466. The van der Waals surface area contributed by atoms with Crippen LogP contribution in [0.5, 0.6) is 17.2 Å². The van der Waals surface area contributed by atoms with Gasteiger partial charge in [-0.25, -0.2) is 4.39 Å². The lowest BCUT2D eigenvalue weighted by atomic mass is 10.2. The minimum Gasteiger partial charge on any atom is -0.493 e. The summed E-state index contributed by atoms with van der Waals surface area (Å²) in [5, 5.41) is 22.4. The molecule has 0 aliphatic heterocycles. The normalized spacial score (nSPS) is 10.6. The first-order valence-corrected chi connectivity index (χ1v) is 12.3. The topological polar surface area (TPSA) is 116 Å². The number of ether oxygens (including phenoxy) is 2. The van der Waals surface area contributed by atoms with Gasteiger partial charge >= 0.3 is 5.69 Å². The minimum atomic E-state index is -0.611. The summed E-state index contributed by atoms with van der Waals surface area (Å²) in [6.07, 6.45) is 0. The van der Waals surface area contributed by atoms with Crippen LogP contribution in [0.3, 0.4) is 0 Å². The van der Waals surface area contributed by atoms with Crippen molar-refractivity contribution < 1.29 is 23.6 Å². The third-order valence-corrected chi connectivity index (χ3v) is 6.96. The lowest BCUT2D eigenvalue weighted by Gasteiger charge is -2.12. The summed E-state index contributed by atoms with van der Waals surface area (Å²) in [6.45, 7) is 0. The zero-order valence-corrected chi connectivity index (χ0v) is 20.8. The predicted octanol–water partition coefficient (Wildman–Crippen LogP) is 6.58. The molecule has 4 rings (SSSR count). The molecule has 0 atom stereocenters. The zero-order chi connectivity index (χ0) is 25.7. The Hall–Kier alpha value is -3.74. The molecule has 13 heteroatoms. The number of rotatable bonds is 9. The second kappa shape index (κ2) is 11.3. The summed E-state index contributed by atoms with van der Waals surface area (Å²) < 4.78 is 25.3. The van der Waals surface area contributed by atoms with E-state index in [9.17, 15) is 19.3 Å². The third-order valence-electron chi connectivity index (χ3n) is 4.70. The van der Waals surface area contributed by atoms with Crippen LogP contribution in [0.2, 0.25) is 5.02 Å². The van der Waals surface area contributed by atoms with Gasteiger partial charge in [-0.15, -0.1) is 10.2 Å². The fourth-order valence-corrected chi connectivity index (χ4v) is 4.87. The highest BCUT2D eigenvalue weighted by molar-refractivity contribution is 8.00. The molecular formula is C23H16ClFN4O5S2. The van der Waals surface area contributed by atoms with Gasteiger partial charge in [0, 0.05) is 22.4 Å². The molecule has 0 aliphatic carbocycles. The first kappa shape index (κ1) is 25.4. The molecule has 9 nitrogen and oxygen atoms in total. The van der Waals surface area contributed by atoms with Crippen LogP contribution in [0.15, 0.2) is 65.0 Å². The molecule has 4 aromatic rings. The van der Waals surface area contributed by atoms with Crippen molar-refractivity contribution in [3.05, 3.63) is 92.7 Å². The largest absolute Gasteiger partial charge is 0.493 e. The Morgan fingerprint density at radius 3 is 2.67 bits per heavy atom. The standard InChI is InChI=1S/C23H16ClFN4O5S2/c1-33-20-10-13(6-8-19(20)34-18-9-7-15(24)11-17(18)29(31)32)21(30)26-22-27-28-23(36-22)35-12-14-4-2-3-5-16(14)25/h2-11H,12H2,1H3,(H,26,27,30). The van der Waals surface area contributed by atoms with Crippen molar-refractivity contribution in [1.82, 2.24) is 10.2 Å². The Morgan fingerprint density at radius 1 is 1.14 bits per heavy atom. The third kappa shape index (κ3) is 6.08. The summed E-state index contributed by atoms with van der Waals surface area (Å²) in [7, 11) is 1.38. The Kier molecular flexibility index (Phi) is 7.98. The van der Waals surface area contributed by atoms with E-state index in [0.717, 1.165) is 11.3 Å². The maximum atomic E-state index is 13.8. The van der Waals surface area contributed by atoms with Crippen LogP contribution >= 0.6 is 34.7 Å². The van der Waals surface area contributed by atoms with Gasteiger partial charge < -0.3 is 9.47 Å². The average Bonchev–Trinajstić information content (AvgIpc) is 3.31. The van der Waals surface area contributed by atoms with Crippen molar-refractivity contribution in [1.29, 1.82) is 0 Å². The van der Waals surface area contributed by atoms with Gasteiger partial charge in [-0.3, -0.25) is 20.2 Å². The van der Waals surface area contributed by atoms with Gasteiger partial charge in [0.15, 0.2) is 15.8 Å². The van der Waals surface area contributed by atoms with E-state index in [1.165, 1.54) is 61.3 Å². The monoisotopic (exact) mass is 546 g/mol. The number of amides is 1. The molecule has 0 aliphatic rings. The number of methoxy groups -OCH3 is 1. The van der Waals surface area contributed by atoms with Gasteiger partial charge in [-0.2, -0.15) is 0 Å². The van der Waals surface area contributed by atoms with E-state index < -0.39 is 10.8 Å². The van der Waals surface area contributed by atoms with Gasteiger partial charge in [0.05, 0.1) is 12.0 Å². The summed E-state index contributed by atoms with van der Waals surface area (Å²) >= 11 is 8.31. The van der Waals surface area contributed by atoms with Crippen LogP contribution in [0, 0.1) is 15.9 Å². The Balaban J connectivity index is 1.44. The molecule has 1 heterocycles. The maximum absolute atomic E-state index is 13.8. The number of anilines is 1. The molecule has 3 aromatic carbocycles. The molecule has 0 radical (unpaired) electrons. The number of thioether (sulfide) groups is 1. The van der Waals surface area contributed by atoms with Crippen molar-refractivity contribution >= 4 is 51.4 Å². The molecule has 1 N–H and O–H groups in total. The van der Waals surface area contributed by atoms with E-state index in [-0.39, 0.29) is 44.5 Å². The lowest BCUT2D eigenvalue weighted by molar-refractivity contribution is -0.385. The molecule has 0 unspecified atom stereocenters. The molecule has 0 saturated carbocycles. The number of nitrogens with one attached hydrogen (secondary N) is 1. The van der Waals surface area contributed by atoms with Crippen LogP contribution in [0.4, 0.5) is 15.2 Å². The van der Waals surface area contributed by atoms with Crippen LogP contribution in [0.25, 0.3) is 0 Å². The SMILES string of the molecule is COc1cc(C(=O)Nc2nnc(SCc3ccccc3F)s2)ccc1Oc1ccc(Cl)cc1[N+](=O)[O-]. The van der Waals surface area contributed by atoms with Gasteiger partial charge in [0.2, 0.25) is 10.9 Å². The number of aromatic nitrogens is 2. The number of nitro benzene ring substituents is 1. The predicted molar refractivity (Wildman–Crippen MR) is 135 cm³/mol. The van der Waals surface area contributed by atoms with E-state index in [1.54, 1.807) is 18.2 Å². The second-order valence-corrected chi connectivity index (χ2v) is 9.68. The highest BCUT2D eigenvalue weighted by Crippen LogP contribution is 2.38. The molecule has 184 valence electrons. The van der Waals surface area contributed by atoms with Crippen molar-refractivity contribution in [3.8, 4) is 17.2 Å². The van der Waals surface area contributed by atoms with Gasteiger partial charge in [-0.05, 0) is 42.0 Å². The van der Waals surface area contributed by atoms with E-state index in [2.05, 4.69) is 15.5 Å². The molecule has 0 fully saturated rings. The number of nitrogens with zero attached hydrogens (tertiary/aromatic N) is 3. The smallest absolute Gasteiger partial charge is 0.313 e. The quantitative estimate of drug-likeness (QED) is 0.108. The van der Waals surface area contributed by atoms with Crippen LogP contribution in [0.1, 0.15) is 15.9 Å². The average molecular weight is 547 g/mol. The Labute approximate surface area is 217 Å². The van der Waals surface area contributed by atoms with Gasteiger partial charge in [0.25, 0.3) is 5.91 Å². The lowest BCUT2D eigenvalue weighted by Crippen LogP contribution is -2.12. The Bertz CT molecular complexity index is 1440. The maximum Gasteiger partial charge on any atom is 0.313 e. The first-order valence-electron chi connectivity index (χ1n) is 10.1. The number of carbonyl (C=O) groups is 1. The van der Waals surface area contributed by atoms with Gasteiger partial charge in [0.1, 0.15) is 5.82 Å². The van der Waals surface area contributed by atoms with Crippen molar-refractivity contribution in [3.63, 3.8) is 0 Å². The fourth-order valence-electron chi connectivity index (χ4n) is 2.97. The van der Waals surface area contributed by atoms with Gasteiger partial charge in [-0.1, -0.05) is 52.9 Å². The summed E-state index contributed by atoms with van der Waals surface area (Å²) in [4.78, 5) is 23.4. The van der Waals surface area contributed by atoms with Crippen LogP contribution in [-0.4, -0.2) is 28.1 Å². The number of hydrogen-bond acceptors (Lipinski definition) is 9. The van der Waals surface area contributed by atoms with Crippen LogP contribution < -0.4 is 14.8 Å². The molecule has 0 saturated heterocycles. The van der Waals surface area contributed by atoms with E-state index in [1.807, 2.05) is 0 Å². The highest BCUT2D eigenvalue weighted by Gasteiger charge is 2.19. The van der Waals surface area contributed by atoms with E-state index in [0.29, 0.717) is 15.7 Å². The van der Waals surface area contributed by atoms with Crippen molar-refractivity contribution in [2.45, 2.75) is 10.1 Å². The number of nitro groups is 1. The first-order chi connectivity index (χ1) is 17.3. The van der Waals surface area contributed by atoms with Crippen molar-refractivity contribution in [2.24, 2.45) is 0 Å². The molecule has 1 aromatic heterocycles. The fraction of sp³-hybridized carbons (Fsp3) is 0.0870. The molecule has 36 heavy (non-hydrogen) atoms. The number of halogens is 2. The number of hydrogen-bond donors (Lipinski definition) is 1. The summed E-state index contributed by atoms with van der Waals surface area (Å²) in [6, 6.07) is 14.8. The Morgan fingerprint density at radius 2 is 1.92 bits per heavy atom. The summed E-state index contributed by atoms with van der Waals surface area (Å²) in [5.74, 6) is -0.0735. The molecule has 0 spiro atoms. The molecular weight excluding hydrogens is 531 g/mol. The highest BCUT2D eigenvalue weighted by atomic mass is 35.5. The molecule has 1 amide bonds. The number of benzene rings is 3. The van der Waals surface area contributed by atoms with Crippen molar-refractivity contribution in [2.75, 3.05) is 12.4 Å². The minimum absolute atomic E-state index is 0.0332. The van der Waals surface area contributed by atoms with Crippen LogP contribution in [-0.2, 0) is 5.75 Å².